The van der Waals surface area contributed by atoms with Crippen molar-refractivity contribution in [2.75, 3.05) is 44.7 Å². The molecule has 4 rings (SSSR count). The summed E-state index contributed by atoms with van der Waals surface area (Å²) >= 11 is 0. The summed E-state index contributed by atoms with van der Waals surface area (Å²) in [5.74, 6) is 0.151. The number of carbonyl (C=O) groups is 2. The third kappa shape index (κ3) is 12.2. The molecule has 226 valence electrons. The van der Waals surface area contributed by atoms with Gasteiger partial charge in [0.25, 0.3) is 5.91 Å². The van der Waals surface area contributed by atoms with Crippen molar-refractivity contribution in [2.24, 2.45) is 0 Å². The van der Waals surface area contributed by atoms with Gasteiger partial charge in [-0.15, -0.1) is 0 Å². The Morgan fingerprint density at radius 3 is 2.34 bits per heavy atom. The van der Waals surface area contributed by atoms with Gasteiger partial charge in [-0.2, -0.15) is 28.1 Å². The molecule has 2 amide bonds. The molecule has 13 heteroatoms. The van der Waals surface area contributed by atoms with Gasteiger partial charge in [-0.1, -0.05) is 44.7 Å². The van der Waals surface area contributed by atoms with E-state index in [1.165, 1.54) is 0 Å². The van der Waals surface area contributed by atoms with Gasteiger partial charge in [0.2, 0.25) is 5.95 Å². The first-order valence-corrected chi connectivity index (χ1v) is 14.2. The van der Waals surface area contributed by atoms with Crippen LogP contribution in [0.5, 0.6) is 6.01 Å². The van der Waals surface area contributed by atoms with Crippen LogP contribution in [0.25, 0.3) is 0 Å². The number of hydrogen-bond donors (Lipinski definition) is 2. The van der Waals surface area contributed by atoms with Gasteiger partial charge in [0.1, 0.15) is 5.82 Å². The molecular weight excluding hydrogens is 541 g/mol. The van der Waals surface area contributed by atoms with Crippen LogP contribution in [0.4, 0.5) is 23.9 Å². The van der Waals surface area contributed by atoms with E-state index in [4.69, 9.17) is 9.47 Å². The largest absolute Gasteiger partial charge is 0.454 e. The second kappa shape index (κ2) is 16.6. The quantitative estimate of drug-likeness (QED) is 0.511. The van der Waals surface area contributed by atoms with E-state index in [0.29, 0.717) is 44.8 Å². The Labute approximate surface area is 238 Å². The molecule has 2 aliphatic rings. The van der Waals surface area contributed by atoms with E-state index in [-0.39, 0.29) is 30.2 Å². The number of halogens is 3. The summed E-state index contributed by atoms with van der Waals surface area (Å²) < 4.78 is 48.2. The van der Waals surface area contributed by atoms with Crippen LogP contribution in [0.2, 0.25) is 0 Å². The molecule has 0 unspecified atom stereocenters. The molecule has 0 aliphatic carbocycles. The van der Waals surface area contributed by atoms with Crippen LogP contribution in [0.3, 0.4) is 0 Å². The number of hydrogen-bond acceptors (Lipinski definition) is 8. The first-order valence-electron chi connectivity index (χ1n) is 14.2. The lowest BCUT2D eigenvalue weighted by molar-refractivity contribution is -0.154. The Morgan fingerprint density at radius 1 is 0.927 bits per heavy atom. The number of amides is 2. The predicted molar refractivity (Wildman–Crippen MR) is 147 cm³/mol. The average molecular weight is 581 g/mol. The zero-order valence-electron chi connectivity index (χ0n) is 23.5. The topological polar surface area (TPSA) is 119 Å². The maximum absolute atomic E-state index is 12.7. The van der Waals surface area contributed by atoms with Gasteiger partial charge < -0.3 is 25.0 Å². The van der Waals surface area contributed by atoms with E-state index in [9.17, 15) is 22.8 Å². The zero-order valence-corrected chi connectivity index (χ0v) is 23.5. The van der Waals surface area contributed by atoms with Crippen molar-refractivity contribution in [1.29, 1.82) is 0 Å². The number of rotatable bonds is 4. The van der Waals surface area contributed by atoms with Gasteiger partial charge in [0.15, 0.2) is 6.61 Å². The van der Waals surface area contributed by atoms with Crippen molar-refractivity contribution in [3.8, 4) is 6.01 Å². The van der Waals surface area contributed by atoms with E-state index < -0.39 is 18.8 Å². The number of nitrogens with one attached hydrogen (secondary N) is 2. The number of carbonyl (C=O) groups excluding carboxylic acids is 2. The van der Waals surface area contributed by atoms with Crippen LogP contribution in [-0.4, -0.2) is 77.4 Å². The molecule has 1 aromatic heterocycles. The Morgan fingerprint density at radius 2 is 1.61 bits per heavy atom. The van der Waals surface area contributed by atoms with Crippen LogP contribution in [-0.2, 0) is 11.2 Å². The third-order valence-corrected chi connectivity index (χ3v) is 6.32. The molecule has 3 heterocycles. The Hall–Kier alpha value is -3.64. The lowest BCUT2D eigenvalue weighted by atomic mass is 10.1. The summed E-state index contributed by atoms with van der Waals surface area (Å²) in [7, 11) is 0. The molecule has 0 spiro atoms. The second-order valence-corrected chi connectivity index (χ2v) is 9.89. The fraction of sp³-hybridized carbons (Fsp3) is 0.607. The predicted octanol–water partition coefficient (Wildman–Crippen LogP) is 5.14. The molecule has 2 aliphatic heterocycles. The highest BCUT2D eigenvalue weighted by atomic mass is 19.4. The minimum atomic E-state index is -4.52. The summed E-state index contributed by atoms with van der Waals surface area (Å²) in [4.78, 5) is 39.2. The van der Waals surface area contributed by atoms with E-state index in [2.05, 4.69) is 25.6 Å². The van der Waals surface area contributed by atoms with Crippen molar-refractivity contribution < 1.29 is 32.2 Å². The molecule has 2 aromatic rings. The number of nitrogens with zero attached hydrogens (tertiary/aromatic N) is 4. The third-order valence-electron chi connectivity index (χ3n) is 6.32. The SMILES string of the molecule is CCCOC(=O)N1CCCCCCCCNc2nc(nc(OCC(F)(F)F)n2)Cc2ccc(cc2)C(=O)NCCC1. The van der Waals surface area contributed by atoms with Crippen molar-refractivity contribution in [3.63, 3.8) is 0 Å². The highest BCUT2D eigenvalue weighted by molar-refractivity contribution is 5.94. The van der Waals surface area contributed by atoms with Gasteiger partial charge in [0, 0.05) is 38.2 Å². The molecule has 0 radical (unpaired) electrons. The van der Waals surface area contributed by atoms with Crippen molar-refractivity contribution in [1.82, 2.24) is 25.2 Å². The number of aromatic nitrogens is 3. The lowest BCUT2D eigenvalue weighted by Gasteiger charge is -2.22. The number of ether oxygens (including phenoxy) is 2. The average Bonchev–Trinajstić information content (AvgIpc) is 2.94. The Kier molecular flexibility index (Phi) is 12.9. The Bertz CT molecular complexity index is 1100. The van der Waals surface area contributed by atoms with E-state index in [1.54, 1.807) is 29.2 Å². The number of fused-ring (bicyclic) bond motifs is 16. The van der Waals surface area contributed by atoms with Gasteiger partial charge >= 0.3 is 18.3 Å². The first-order chi connectivity index (χ1) is 19.7. The van der Waals surface area contributed by atoms with Crippen LogP contribution in [0.15, 0.2) is 24.3 Å². The highest BCUT2D eigenvalue weighted by Crippen LogP contribution is 2.18. The van der Waals surface area contributed by atoms with Crippen LogP contribution >= 0.6 is 0 Å². The fourth-order valence-corrected chi connectivity index (χ4v) is 4.21. The van der Waals surface area contributed by atoms with Crippen LogP contribution in [0.1, 0.15) is 80.0 Å². The minimum Gasteiger partial charge on any atom is -0.454 e. The summed E-state index contributed by atoms with van der Waals surface area (Å²) in [5.41, 5.74) is 1.22. The van der Waals surface area contributed by atoms with Gasteiger partial charge in [0.05, 0.1) is 6.61 Å². The van der Waals surface area contributed by atoms with Gasteiger partial charge in [-0.3, -0.25) is 4.79 Å². The molecule has 0 fully saturated rings. The molecule has 10 nitrogen and oxygen atoms in total. The zero-order chi connectivity index (χ0) is 29.5. The van der Waals surface area contributed by atoms with Crippen molar-refractivity contribution in [3.05, 3.63) is 41.2 Å². The van der Waals surface area contributed by atoms with Crippen LogP contribution in [0, 0.1) is 0 Å². The monoisotopic (exact) mass is 580 g/mol. The van der Waals surface area contributed by atoms with E-state index >= 15 is 0 Å². The smallest absolute Gasteiger partial charge is 0.422 e. The first kappa shape index (κ1) is 31.9. The Balaban J connectivity index is 1.69. The lowest BCUT2D eigenvalue weighted by Crippen LogP contribution is -2.35. The second-order valence-electron chi connectivity index (χ2n) is 9.89. The molecule has 2 N–H and O–H groups in total. The van der Waals surface area contributed by atoms with Crippen LogP contribution < -0.4 is 15.4 Å². The summed E-state index contributed by atoms with van der Waals surface area (Å²) in [5, 5.41) is 5.94. The molecule has 4 bridgehead atoms. The fourth-order valence-electron chi connectivity index (χ4n) is 4.21. The van der Waals surface area contributed by atoms with E-state index in [1.807, 2.05) is 6.92 Å². The number of anilines is 1. The molecular formula is C28H39F3N6O4. The summed E-state index contributed by atoms with van der Waals surface area (Å²) in [6, 6.07) is 6.40. The van der Waals surface area contributed by atoms with E-state index in [0.717, 1.165) is 50.5 Å². The maximum Gasteiger partial charge on any atom is 0.422 e. The normalized spacial score (nSPS) is 16.4. The molecule has 0 saturated carbocycles. The standard InChI is InChI=1S/C28H39F3N6O4/c1-2-18-40-27(39)37-16-8-6-4-3-5-7-14-33-25-34-23(35-26(36-25)41-20-28(29,30)31)19-21-10-12-22(13-11-21)24(38)32-15-9-17-37/h10-13H,2-9,14-20H2,1H3,(H,32,38)(H,33,34,35,36). The molecule has 0 saturated heterocycles. The number of alkyl halides is 3. The minimum absolute atomic E-state index is 0.150. The highest BCUT2D eigenvalue weighted by Gasteiger charge is 2.29. The van der Waals surface area contributed by atoms with Crippen molar-refractivity contribution >= 4 is 17.9 Å². The number of benzene rings is 1. The van der Waals surface area contributed by atoms with Gasteiger partial charge in [-0.25, -0.2) is 4.79 Å². The van der Waals surface area contributed by atoms with Crippen molar-refractivity contribution in [2.45, 2.75) is 70.9 Å². The summed E-state index contributed by atoms with van der Waals surface area (Å²) in [6.07, 6.45) is 2.34. The molecule has 1 aromatic carbocycles. The maximum atomic E-state index is 12.7. The molecule has 41 heavy (non-hydrogen) atoms. The summed E-state index contributed by atoms with van der Waals surface area (Å²) in [6.45, 7) is 2.86. The van der Waals surface area contributed by atoms with Gasteiger partial charge in [-0.05, 0) is 43.4 Å². The molecule has 0 atom stereocenters.